The molecule has 0 N–H and O–H groups in total. The molecule has 0 unspecified atom stereocenters. The maximum atomic E-state index is 5.89. The zero-order valence-electron chi connectivity index (χ0n) is 10.6. The summed E-state index contributed by atoms with van der Waals surface area (Å²) in [6.45, 7) is 4.23. The van der Waals surface area contributed by atoms with Gasteiger partial charge in [-0.1, -0.05) is 11.6 Å². The maximum Gasteiger partial charge on any atom is 0.218 e. The fourth-order valence-corrected chi connectivity index (χ4v) is 2.19. The maximum absolute atomic E-state index is 5.89. The van der Waals surface area contributed by atoms with Gasteiger partial charge in [-0.05, 0) is 25.9 Å². The van der Waals surface area contributed by atoms with Crippen LogP contribution < -0.4 is 4.74 Å². The van der Waals surface area contributed by atoms with Gasteiger partial charge in [-0.25, -0.2) is 4.98 Å². The Morgan fingerprint density at radius 2 is 2.11 bits per heavy atom. The molecule has 1 aliphatic heterocycles. The third-order valence-electron chi connectivity index (χ3n) is 2.85. The summed E-state index contributed by atoms with van der Waals surface area (Å²) >= 11 is 5.89. The highest BCUT2D eigenvalue weighted by atomic mass is 35.5. The van der Waals surface area contributed by atoms with E-state index in [9.17, 15) is 0 Å². The first-order valence-corrected chi connectivity index (χ1v) is 6.53. The van der Waals surface area contributed by atoms with Crippen LogP contribution in [0.15, 0.2) is 6.07 Å². The normalized spacial score (nSPS) is 16.1. The average molecular weight is 272 g/mol. The van der Waals surface area contributed by atoms with Crippen LogP contribution in [0, 0.1) is 0 Å². The van der Waals surface area contributed by atoms with Gasteiger partial charge < -0.3 is 9.47 Å². The SMILES string of the molecule is COCc1nc(Cl)cc(OCCN2CCCC2)n1. The summed E-state index contributed by atoms with van der Waals surface area (Å²) < 4.78 is 10.6. The largest absolute Gasteiger partial charge is 0.476 e. The monoisotopic (exact) mass is 271 g/mol. The summed E-state index contributed by atoms with van der Waals surface area (Å²) in [5, 5.41) is 0.383. The highest BCUT2D eigenvalue weighted by Gasteiger charge is 2.11. The van der Waals surface area contributed by atoms with Crippen molar-refractivity contribution in [1.82, 2.24) is 14.9 Å². The van der Waals surface area contributed by atoms with E-state index in [0.29, 0.717) is 30.1 Å². The molecule has 1 fully saturated rings. The molecule has 18 heavy (non-hydrogen) atoms. The fraction of sp³-hybridized carbons (Fsp3) is 0.667. The molecular weight excluding hydrogens is 254 g/mol. The highest BCUT2D eigenvalue weighted by molar-refractivity contribution is 6.29. The average Bonchev–Trinajstić information content (AvgIpc) is 2.82. The topological polar surface area (TPSA) is 47.5 Å². The third-order valence-corrected chi connectivity index (χ3v) is 3.04. The van der Waals surface area contributed by atoms with Crippen molar-refractivity contribution in [2.45, 2.75) is 19.4 Å². The number of halogens is 1. The number of aromatic nitrogens is 2. The van der Waals surface area contributed by atoms with Gasteiger partial charge in [-0.3, -0.25) is 4.90 Å². The Labute approximate surface area is 112 Å². The van der Waals surface area contributed by atoms with Crippen LogP contribution in [-0.4, -0.2) is 48.2 Å². The predicted octanol–water partition coefficient (Wildman–Crippen LogP) is 1.75. The molecular formula is C12H18ClN3O2. The first-order chi connectivity index (χ1) is 8.78. The molecule has 0 atom stereocenters. The number of likely N-dealkylation sites (tertiary alicyclic amines) is 1. The molecule has 5 nitrogen and oxygen atoms in total. The van der Waals surface area contributed by atoms with Crippen LogP contribution in [0.4, 0.5) is 0 Å². The van der Waals surface area contributed by atoms with E-state index in [-0.39, 0.29) is 0 Å². The van der Waals surface area contributed by atoms with Crippen molar-refractivity contribution in [1.29, 1.82) is 0 Å². The summed E-state index contributed by atoms with van der Waals surface area (Å²) in [5.41, 5.74) is 0. The van der Waals surface area contributed by atoms with Crippen LogP contribution in [0.1, 0.15) is 18.7 Å². The molecule has 0 radical (unpaired) electrons. The summed E-state index contributed by atoms with van der Waals surface area (Å²) in [6.07, 6.45) is 2.58. The lowest BCUT2D eigenvalue weighted by Crippen LogP contribution is -2.25. The highest BCUT2D eigenvalue weighted by Crippen LogP contribution is 2.14. The van der Waals surface area contributed by atoms with E-state index < -0.39 is 0 Å². The van der Waals surface area contributed by atoms with Crippen molar-refractivity contribution in [3.63, 3.8) is 0 Å². The van der Waals surface area contributed by atoms with Gasteiger partial charge in [-0.15, -0.1) is 0 Å². The van der Waals surface area contributed by atoms with Crippen LogP contribution in [0.3, 0.4) is 0 Å². The number of hydrogen-bond acceptors (Lipinski definition) is 5. The molecule has 100 valence electrons. The molecule has 0 bridgehead atoms. The smallest absolute Gasteiger partial charge is 0.218 e. The number of methoxy groups -OCH3 is 1. The second-order valence-corrected chi connectivity index (χ2v) is 4.66. The Bertz CT molecular complexity index is 384. The van der Waals surface area contributed by atoms with Gasteiger partial charge in [0.25, 0.3) is 0 Å². The van der Waals surface area contributed by atoms with Crippen molar-refractivity contribution in [2.24, 2.45) is 0 Å². The van der Waals surface area contributed by atoms with Crippen molar-refractivity contribution < 1.29 is 9.47 Å². The van der Waals surface area contributed by atoms with Crippen molar-refractivity contribution in [2.75, 3.05) is 33.4 Å². The third kappa shape index (κ3) is 4.08. The quantitative estimate of drug-likeness (QED) is 0.738. The lowest BCUT2D eigenvalue weighted by Gasteiger charge is -2.14. The zero-order valence-corrected chi connectivity index (χ0v) is 11.3. The number of rotatable bonds is 6. The minimum Gasteiger partial charge on any atom is -0.476 e. The van der Waals surface area contributed by atoms with Gasteiger partial charge in [0.2, 0.25) is 5.88 Å². The fourth-order valence-electron chi connectivity index (χ4n) is 2.00. The second kappa shape index (κ2) is 6.87. The van der Waals surface area contributed by atoms with Crippen molar-refractivity contribution in [3.8, 4) is 5.88 Å². The van der Waals surface area contributed by atoms with Gasteiger partial charge in [0.1, 0.15) is 18.4 Å². The van der Waals surface area contributed by atoms with Gasteiger partial charge in [0, 0.05) is 19.7 Å². The molecule has 1 aromatic heterocycles. The molecule has 6 heteroatoms. The molecule has 0 aliphatic carbocycles. The molecule has 0 saturated carbocycles. The first-order valence-electron chi connectivity index (χ1n) is 6.15. The molecule has 0 spiro atoms. The van der Waals surface area contributed by atoms with Gasteiger partial charge in [-0.2, -0.15) is 4.98 Å². The Hall–Kier alpha value is -0.910. The molecule has 0 aromatic carbocycles. The van der Waals surface area contributed by atoms with E-state index in [4.69, 9.17) is 21.1 Å². The van der Waals surface area contributed by atoms with Crippen molar-refractivity contribution >= 4 is 11.6 Å². The summed E-state index contributed by atoms with van der Waals surface area (Å²) in [4.78, 5) is 10.7. The molecule has 1 aromatic rings. The minimum absolute atomic E-state index is 0.336. The predicted molar refractivity (Wildman–Crippen MR) is 68.9 cm³/mol. The van der Waals surface area contributed by atoms with E-state index in [1.807, 2.05) is 0 Å². The van der Waals surface area contributed by atoms with Gasteiger partial charge in [0.05, 0.1) is 0 Å². The minimum atomic E-state index is 0.336. The van der Waals surface area contributed by atoms with E-state index in [1.165, 1.54) is 25.9 Å². The van der Waals surface area contributed by atoms with Crippen molar-refractivity contribution in [3.05, 3.63) is 17.0 Å². The lowest BCUT2D eigenvalue weighted by atomic mass is 10.4. The number of hydrogen-bond donors (Lipinski definition) is 0. The Morgan fingerprint density at radius 1 is 1.33 bits per heavy atom. The van der Waals surface area contributed by atoms with E-state index >= 15 is 0 Å². The van der Waals surface area contributed by atoms with Gasteiger partial charge >= 0.3 is 0 Å². The van der Waals surface area contributed by atoms with Crippen LogP contribution in [0.5, 0.6) is 5.88 Å². The Morgan fingerprint density at radius 3 is 2.83 bits per heavy atom. The van der Waals surface area contributed by atoms with E-state index in [0.717, 1.165) is 6.54 Å². The van der Waals surface area contributed by atoms with Crippen LogP contribution in [0.2, 0.25) is 5.15 Å². The summed E-state index contributed by atoms with van der Waals surface area (Å²) in [7, 11) is 1.60. The number of nitrogens with zero attached hydrogens (tertiary/aromatic N) is 3. The standard InChI is InChI=1S/C12H18ClN3O2/c1-17-9-11-14-10(13)8-12(15-11)18-7-6-16-4-2-3-5-16/h8H,2-7,9H2,1H3. The van der Waals surface area contributed by atoms with E-state index in [2.05, 4.69) is 14.9 Å². The Balaban J connectivity index is 1.83. The Kier molecular flexibility index (Phi) is 5.16. The molecule has 2 heterocycles. The first kappa shape index (κ1) is 13.5. The van der Waals surface area contributed by atoms with Crippen LogP contribution in [-0.2, 0) is 11.3 Å². The zero-order chi connectivity index (χ0) is 12.8. The van der Waals surface area contributed by atoms with E-state index in [1.54, 1.807) is 13.2 Å². The van der Waals surface area contributed by atoms with Crippen LogP contribution >= 0.6 is 11.6 Å². The summed E-state index contributed by atoms with van der Waals surface area (Å²) in [6, 6.07) is 1.63. The number of ether oxygens (including phenoxy) is 2. The second-order valence-electron chi connectivity index (χ2n) is 4.28. The summed E-state index contributed by atoms with van der Waals surface area (Å²) in [5.74, 6) is 1.06. The molecule has 0 amide bonds. The molecule has 1 saturated heterocycles. The molecule has 1 aliphatic rings. The lowest BCUT2D eigenvalue weighted by molar-refractivity contribution is 0.175. The molecule has 2 rings (SSSR count). The van der Waals surface area contributed by atoms with Crippen LogP contribution in [0.25, 0.3) is 0 Å². The van der Waals surface area contributed by atoms with Gasteiger partial charge in [0.15, 0.2) is 5.82 Å².